The molecule has 1 atom stereocenters. The number of nitrogens with two attached hydrogens (primary N) is 1. The standard InChI is InChI=1S/C18H22N4O2/c19-17-9-8-15(20-21-17)11-14-5-4-10-22(12-14)18(23)13-24-16-6-2-1-3-7-16/h1-3,6-9,14H,4-5,10-13H2,(H2,19,21). The van der Waals surface area contributed by atoms with Crippen molar-refractivity contribution in [3.63, 3.8) is 0 Å². The minimum absolute atomic E-state index is 0.0342. The van der Waals surface area contributed by atoms with Gasteiger partial charge in [-0.05, 0) is 49.4 Å². The van der Waals surface area contributed by atoms with E-state index in [0.29, 0.717) is 11.7 Å². The van der Waals surface area contributed by atoms with E-state index in [0.717, 1.165) is 43.8 Å². The van der Waals surface area contributed by atoms with Gasteiger partial charge in [0.1, 0.15) is 11.6 Å². The van der Waals surface area contributed by atoms with Crippen LogP contribution in [0.3, 0.4) is 0 Å². The first-order valence-electron chi connectivity index (χ1n) is 8.24. The third-order valence-electron chi connectivity index (χ3n) is 4.22. The molecule has 1 fully saturated rings. The number of aromatic nitrogens is 2. The maximum Gasteiger partial charge on any atom is 0.260 e. The highest BCUT2D eigenvalue weighted by Crippen LogP contribution is 2.20. The number of ether oxygens (including phenoxy) is 1. The second kappa shape index (κ2) is 7.77. The Morgan fingerprint density at radius 2 is 2.04 bits per heavy atom. The molecule has 1 amide bonds. The van der Waals surface area contributed by atoms with Gasteiger partial charge >= 0.3 is 0 Å². The highest BCUT2D eigenvalue weighted by Gasteiger charge is 2.24. The Morgan fingerprint density at radius 1 is 1.21 bits per heavy atom. The van der Waals surface area contributed by atoms with Gasteiger partial charge in [-0.2, -0.15) is 5.10 Å². The van der Waals surface area contributed by atoms with E-state index in [9.17, 15) is 4.79 Å². The summed E-state index contributed by atoms with van der Waals surface area (Å²) < 4.78 is 5.56. The summed E-state index contributed by atoms with van der Waals surface area (Å²) in [6.45, 7) is 1.61. The molecule has 1 aliphatic rings. The molecule has 2 heterocycles. The lowest BCUT2D eigenvalue weighted by atomic mass is 9.93. The van der Waals surface area contributed by atoms with Crippen molar-refractivity contribution < 1.29 is 9.53 Å². The van der Waals surface area contributed by atoms with Crippen molar-refractivity contribution in [2.45, 2.75) is 19.3 Å². The molecule has 3 rings (SSSR count). The molecule has 24 heavy (non-hydrogen) atoms. The lowest BCUT2D eigenvalue weighted by Crippen LogP contribution is -2.42. The number of benzene rings is 1. The summed E-state index contributed by atoms with van der Waals surface area (Å²) in [6, 6.07) is 13.1. The zero-order valence-corrected chi connectivity index (χ0v) is 13.6. The third-order valence-corrected chi connectivity index (χ3v) is 4.22. The van der Waals surface area contributed by atoms with Crippen LogP contribution in [-0.2, 0) is 11.2 Å². The Kier molecular flexibility index (Phi) is 5.25. The predicted octanol–water partition coefficient (Wildman–Crippen LogP) is 1.92. The van der Waals surface area contributed by atoms with E-state index in [1.165, 1.54) is 0 Å². The first kappa shape index (κ1) is 16.2. The van der Waals surface area contributed by atoms with E-state index in [2.05, 4.69) is 10.2 Å². The molecule has 6 nitrogen and oxygen atoms in total. The number of para-hydroxylation sites is 1. The summed E-state index contributed by atoms with van der Waals surface area (Å²) in [4.78, 5) is 14.3. The van der Waals surface area contributed by atoms with Crippen LogP contribution >= 0.6 is 0 Å². The number of hydrogen-bond acceptors (Lipinski definition) is 5. The quantitative estimate of drug-likeness (QED) is 0.908. The van der Waals surface area contributed by atoms with Crippen LogP contribution in [0.15, 0.2) is 42.5 Å². The summed E-state index contributed by atoms with van der Waals surface area (Å²) >= 11 is 0. The van der Waals surface area contributed by atoms with Gasteiger partial charge in [-0.25, -0.2) is 0 Å². The highest BCUT2D eigenvalue weighted by atomic mass is 16.5. The molecule has 126 valence electrons. The second-order valence-corrected chi connectivity index (χ2v) is 6.10. The molecule has 0 bridgehead atoms. The number of carbonyl (C=O) groups is 1. The maximum atomic E-state index is 12.4. The Balaban J connectivity index is 1.51. The summed E-state index contributed by atoms with van der Waals surface area (Å²) in [6.07, 6.45) is 2.91. The van der Waals surface area contributed by atoms with Crippen molar-refractivity contribution in [1.29, 1.82) is 0 Å². The van der Waals surface area contributed by atoms with E-state index in [4.69, 9.17) is 10.5 Å². The molecule has 1 unspecified atom stereocenters. The molecule has 2 aromatic rings. The van der Waals surface area contributed by atoms with Crippen LogP contribution in [0.2, 0.25) is 0 Å². The van der Waals surface area contributed by atoms with E-state index in [1.54, 1.807) is 6.07 Å². The van der Waals surface area contributed by atoms with Gasteiger partial charge in [-0.1, -0.05) is 18.2 Å². The fraction of sp³-hybridized carbons (Fsp3) is 0.389. The molecule has 2 N–H and O–H groups in total. The van der Waals surface area contributed by atoms with Crippen molar-refractivity contribution in [2.24, 2.45) is 5.92 Å². The van der Waals surface area contributed by atoms with Crippen molar-refractivity contribution in [1.82, 2.24) is 15.1 Å². The van der Waals surface area contributed by atoms with Gasteiger partial charge in [0.05, 0.1) is 5.69 Å². The van der Waals surface area contributed by atoms with Crippen LogP contribution in [0.4, 0.5) is 5.82 Å². The summed E-state index contributed by atoms with van der Waals surface area (Å²) in [5.74, 6) is 1.58. The minimum Gasteiger partial charge on any atom is -0.484 e. The number of carbonyl (C=O) groups excluding carboxylic acids is 1. The Morgan fingerprint density at radius 3 is 2.79 bits per heavy atom. The largest absolute Gasteiger partial charge is 0.484 e. The first-order chi connectivity index (χ1) is 11.7. The minimum atomic E-state index is 0.0342. The van der Waals surface area contributed by atoms with Gasteiger partial charge in [0, 0.05) is 13.1 Å². The van der Waals surface area contributed by atoms with Crippen LogP contribution in [-0.4, -0.2) is 40.7 Å². The normalized spacial score (nSPS) is 17.5. The smallest absolute Gasteiger partial charge is 0.260 e. The van der Waals surface area contributed by atoms with Crippen LogP contribution in [0.25, 0.3) is 0 Å². The lowest BCUT2D eigenvalue weighted by Gasteiger charge is -2.32. The average Bonchev–Trinajstić information content (AvgIpc) is 2.63. The number of hydrogen-bond donors (Lipinski definition) is 1. The van der Waals surface area contributed by atoms with Gasteiger partial charge < -0.3 is 15.4 Å². The van der Waals surface area contributed by atoms with Crippen LogP contribution < -0.4 is 10.5 Å². The summed E-state index contributed by atoms with van der Waals surface area (Å²) in [5.41, 5.74) is 6.48. The number of amides is 1. The van der Waals surface area contributed by atoms with Crippen molar-refractivity contribution >= 4 is 11.7 Å². The first-order valence-corrected chi connectivity index (χ1v) is 8.24. The van der Waals surface area contributed by atoms with Gasteiger partial charge in [-0.15, -0.1) is 5.10 Å². The molecule has 0 aliphatic carbocycles. The Hall–Kier alpha value is -2.63. The number of nitrogens with zero attached hydrogens (tertiary/aromatic N) is 3. The lowest BCUT2D eigenvalue weighted by molar-refractivity contribution is -0.135. The second-order valence-electron chi connectivity index (χ2n) is 6.10. The highest BCUT2D eigenvalue weighted by molar-refractivity contribution is 5.77. The maximum absolute atomic E-state index is 12.4. The predicted molar refractivity (Wildman–Crippen MR) is 91.4 cm³/mol. The van der Waals surface area contributed by atoms with Crippen molar-refractivity contribution in [2.75, 3.05) is 25.4 Å². The number of likely N-dealkylation sites (tertiary alicyclic amines) is 1. The number of rotatable bonds is 5. The van der Waals surface area contributed by atoms with Gasteiger partial charge in [0.2, 0.25) is 0 Å². The number of piperidine rings is 1. The zero-order valence-electron chi connectivity index (χ0n) is 13.6. The van der Waals surface area contributed by atoms with Crippen LogP contribution in [0, 0.1) is 5.92 Å². The third kappa shape index (κ3) is 4.44. The fourth-order valence-corrected chi connectivity index (χ4v) is 2.99. The molecule has 0 saturated carbocycles. The fourth-order valence-electron chi connectivity index (χ4n) is 2.99. The molecule has 0 spiro atoms. The van der Waals surface area contributed by atoms with Gasteiger partial charge in [0.25, 0.3) is 5.91 Å². The molecule has 6 heteroatoms. The van der Waals surface area contributed by atoms with Gasteiger partial charge in [-0.3, -0.25) is 4.79 Å². The van der Waals surface area contributed by atoms with Crippen LogP contribution in [0.1, 0.15) is 18.5 Å². The zero-order chi connectivity index (χ0) is 16.8. The van der Waals surface area contributed by atoms with E-state index >= 15 is 0 Å². The summed E-state index contributed by atoms with van der Waals surface area (Å²) in [5, 5.41) is 8.00. The molecule has 1 aromatic carbocycles. The summed E-state index contributed by atoms with van der Waals surface area (Å²) in [7, 11) is 0. The number of anilines is 1. The molecular weight excluding hydrogens is 304 g/mol. The topological polar surface area (TPSA) is 81.3 Å². The van der Waals surface area contributed by atoms with Crippen LogP contribution in [0.5, 0.6) is 5.75 Å². The number of nitrogen functional groups attached to an aromatic ring is 1. The van der Waals surface area contributed by atoms with Crippen molar-refractivity contribution in [3.05, 3.63) is 48.2 Å². The van der Waals surface area contributed by atoms with Gasteiger partial charge in [0.15, 0.2) is 6.61 Å². The monoisotopic (exact) mass is 326 g/mol. The van der Waals surface area contributed by atoms with E-state index < -0.39 is 0 Å². The molecule has 1 saturated heterocycles. The van der Waals surface area contributed by atoms with Crippen molar-refractivity contribution in [3.8, 4) is 5.75 Å². The SMILES string of the molecule is Nc1ccc(CC2CCCN(C(=O)COc3ccccc3)C2)nn1. The Labute approximate surface area is 141 Å². The molecule has 1 aromatic heterocycles. The van der Waals surface area contributed by atoms with E-state index in [1.807, 2.05) is 41.3 Å². The molecule has 0 radical (unpaired) electrons. The Bertz CT molecular complexity index is 660. The molecule has 1 aliphatic heterocycles. The average molecular weight is 326 g/mol. The molecular formula is C18H22N4O2. The van der Waals surface area contributed by atoms with E-state index in [-0.39, 0.29) is 12.5 Å².